The summed E-state index contributed by atoms with van der Waals surface area (Å²) in [5, 5.41) is 6.92. The van der Waals surface area contributed by atoms with E-state index in [1.807, 2.05) is 49.5 Å². The zero-order chi connectivity index (χ0) is 22.9. The van der Waals surface area contributed by atoms with E-state index in [4.69, 9.17) is 5.73 Å². The first kappa shape index (κ1) is 20.7. The zero-order valence-corrected chi connectivity index (χ0v) is 19.0. The van der Waals surface area contributed by atoms with E-state index in [1.165, 1.54) is 0 Å². The van der Waals surface area contributed by atoms with Crippen LogP contribution < -0.4 is 16.4 Å². The van der Waals surface area contributed by atoms with Crippen molar-refractivity contribution in [1.82, 2.24) is 14.4 Å². The SMILES string of the molecule is Cc1nc2cccc(C)n2c1-c1cnc(Nc2ccc(C(=O)Nc3ccccc3N)cc2)s1. The summed E-state index contributed by atoms with van der Waals surface area (Å²) in [6.07, 6.45) is 1.86. The van der Waals surface area contributed by atoms with Crippen molar-refractivity contribution in [3.05, 3.63) is 89.9 Å². The van der Waals surface area contributed by atoms with Crippen LogP contribution in [0.15, 0.2) is 72.9 Å². The van der Waals surface area contributed by atoms with Crippen molar-refractivity contribution in [2.45, 2.75) is 13.8 Å². The van der Waals surface area contributed by atoms with Crippen molar-refractivity contribution in [3.8, 4) is 10.6 Å². The molecule has 0 aliphatic rings. The number of aromatic nitrogens is 3. The number of pyridine rings is 1. The molecule has 5 rings (SSSR count). The number of imidazole rings is 1. The molecule has 0 aliphatic carbocycles. The fourth-order valence-corrected chi connectivity index (χ4v) is 4.66. The number of carbonyl (C=O) groups is 1. The van der Waals surface area contributed by atoms with Crippen LogP contribution in [-0.4, -0.2) is 20.3 Å². The van der Waals surface area contributed by atoms with Gasteiger partial charge in [0.2, 0.25) is 0 Å². The van der Waals surface area contributed by atoms with Crippen molar-refractivity contribution in [1.29, 1.82) is 0 Å². The Balaban J connectivity index is 1.33. The molecule has 0 saturated heterocycles. The normalized spacial score (nSPS) is 11.0. The van der Waals surface area contributed by atoms with E-state index in [1.54, 1.807) is 35.6 Å². The number of fused-ring (bicyclic) bond motifs is 1. The molecule has 8 heteroatoms. The van der Waals surface area contributed by atoms with Crippen LogP contribution in [0.2, 0.25) is 0 Å². The van der Waals surface area contributed by atoms with Crippen molar-refractivity contribution in [2.75, 3.05) is 16.4 Å². The summed E-state index contributed by atoms with van der Waals surface area (Å²) in [5.41, 5.74) is 12.5. The number of nitrogen functional groups attached to an aromatic ring is 1. The number of nitrogens with zero attached hydrogens (tertiary/aromatic N) is 3. The highest BCUT2D eigenvalue weighted by Crippen LogP contribution is 2.34. The highest BCUT2D eigenvalue weighted by Gasteiger charge is 2.15. The predicted octanol–water partition coefficient (Wildman–Crippen LogP) is 5.65. The van der Waals surface area contributed by atoms with Crippen LogP contribution in [0.4, 0.5) is 22.2 Å². The number of aryl methyl sites for hydroxylation is 2. The maximum atomic E-state index is 12.5. The van der Waals surface area contributed by atoms with Gasteiger partial charge >= 0.3 is 0 Å². The van der Waals surface area contributed by atoms with E-state index in [-0.39, 0.29) is 5.91 Å². The number of amides is 1. The van der Waals surface area contributed by atoms with Gasteiger partial charge < -0.3 is 16.4 Å². The average Bonchev–Trinajstić information content (AvgIpc) is 3.39. The van der Waals surface area contributed by atoms with Gasteiger partial charge in [0.15, 0.2) is 5.13 Å². The van der Waals surface area contributed by atoms with Gasteiger partial charge in [-0.1, -0.05) is 29.5 Å². The van der Waals surface area contributed by atoms with Gasteiger partial charge in [0, 0.05) is 23.1 Å². The smallest absolute Gasteiger partial charge is 0.255 e. The van der Waals surface area contributed by atoms with Crippen LogP contribution in [0.1, 0.15) is 21.7 Å². The highest BCUT2D eigenvalue weighted by molar-refractivity contribution is 7.18. The van der Waals surface area contributed by atoms with E-state index in [0.29, 0.717) is 16.9 Å². The lowest BCUT2D eigenvalue weighted by Crippen LogP contribution is -2.13. The van der Waals surface area contributed by atoms with Crippen LogP contribution in [-0.2, 0) is 0 Å². The standard InChI is InChI=1S/C25H22N6OS/c1-15-6-5-9-22-28-16(2)23(31(15)22)21-14-27-25(33-21)29-18-12-10-17(11-13-18)24(32)30-20-8-4-3-7-19(20)26/h3-14H,26H2,1-2H3,(H,27,29)(H,30,32). The number of nitrogens with two attached hydrogens (primary N) is 1. The summed E-state index contributed by atoms with van der Waals surface area (Å²) < 4.78 is 2.15. The molecule has 0 atom stereocenters. The van der Waals surface area contributed by atoms with E-state index in [2.05, 4.69) is 38.0 Å². The molecule has 1 amide bonds. The minimum Gasteiger partial charge on any atom is -0.397 e. The second kappa shape index (κ2) is 8.40. The number of para-hydroxylation sites is 2. The van der Waals surface area contributed by atoms with Crippen LogP contribution in [0.5, 0.6) is 0 Å². The second-order valence-corrected chi connectivity index (χ2v) is 8.71. The highest BCUT2D eigenvalue weighted by atomic mass is 32.1. The van der Waals surface area contributed by atoms with Gasteiger partial charge in [-0.3, -0.25) is 9.20 Å². The summed E-state index contributed by atoms with van der Waals surface area (Å²) >= 11 is 1.56. The van der Waals surface area contributed by atoms with Gasteiger partial charge in [-0.15, -0.1) is 0 Å². The first-order valence-corrected chi connectivity index (χ1v) is 11.2. The van der Waals surface area contributed by atoms with Crippen LogP contribution in [0, 0.1) is 13.8 Å². The second-order valence-electron chi connectivity index (χ2n) is 7.68. The number of hydrogen-bond donors (Lipinski definition) is 3. The number of hydrogen-bond acceptors (Lipinski definition) is 6. The van der Waals surface area contributed by atoms with Crippen molar-refractivity contribution >= 4 is 45.1 Å². The van der Waals surface area contributed by atoms with Gasteiger partial charge in [0.25, 0.3) is 5.91 Å². The zero-order valence-electron chi connectivity index (χ0n) is 18.2. The lowest BCUT2D eigenvalue weighted by atomic mass is 10.2. The summed E-state index contributed by atoms with van der Waals surface area (Å²) in [7, 11) is 0. The van der Waals surface area contributed by atoms with Gasteiger partial charge in [-0.05, 0) is 62.4 Å². The number of nitrogens with one attached hydrogen (secondary N) is 2. The van der Waals surface area contributed by atoms with Crippen molar-refractivity contribution < 1.29 is 4.79 Å². The number of rotatable bonds is 5. The quantitative estimate of drug-likeness (QED) is 0.298. The van der Waals surface area contributed by atoms with Crippen molar-refractivity contribution in [3.63, 3.8) is 0 Å². The third-order valence-corrected chi connectivity index (χ3v) is 6.28. The topological polar surface area (TPSA) is 97.3 Å². The monoisotopic (exact) mass is 454 g/mol. The molecule has 0 spiro atoms. The van der Waals surface area contributed by atoms with Gasteiger partial charge in [0.1, 0.15) is 5.65 Å². The Morgan fingerprint density at radius 3 is 2.58 bits per heavy atom. The van der Waals surface area contributed by atoms with Crippen molar-refractivity contribution in [2.24, 2.45) is 0 Å². The Labute approximate surface area is 194 Å². The summed E-state index contributed by atoms with van der Waals surface area (Å²) in [4.78, 5) is 22.8. The van der Waals surface area contributed by atoms with Gasteiger partial charge in [-0.25, -0.2) is 9.97 Å². The predicted molar refractivity (Wildman–Crippen MR) is 134 cm³/mol. The Morgan fingerprint density at radius 1 is 1.00 bits per heavy atom. The molecular weight excluding hydrogens is 432 g/mol. The molecule has 33 heavy (non-hydrogen) atoms. The van der Waals surface area contributed by atoms with Crippen LogP contribution in [0.25, 0.3) is 16.2 Å². The van der Waals surface area contributed by atoms with Crippen LogP contribution in [0.3, 0.4) is 0 Å². The maximum Gasteiger partial charge on any atom is 0.255 e. The largest absolute Gasteiger partial charge is 0.397 e. The fraction of sp³-hybridized carbons (Fsp3) is 0.0800. The molecule has 164 valence electrons. The molecule has 0 radical (unpaired) electrons. The number of thiazole rings is 1. The molecule has 0 saturated carbocycles. The molecule has 7 nitrogen and oxygen atoms in total. The molecule has 0 aliphatic heterocycles. The Bertz CT molecular complexity index is 1470. The lowest BCUT2D eigenvalue weighted by molar-refractivity contribution is 0.102. The maximum absolute atomic E-state index is 12.5. The van der Waals surface area contributed by atoms with E-state index >= 15 is 0 Å². The molecule has 0 unspecified atom stereocenters. The summed E-state index contributed by atoms with van der Waals surface area (Å²) in [6.45, 7) is 4.09. The molecule has 5 aromatic rings. The minimum absolute atomic E-state index is 0.213. The van der Waals surface area contributed by atoms with E-state index in [0.717, 1.165) is 38.4 Å². The summed E-state index contributed by atoms with van der Waals surface area (Å²) in [6, 6.07) is 20.5. The number of benzene rings is 2. The number of carbonyl (C=O) groups excluding carboxylic acids is 1. The first-order valence-electron chi connectivity index (χ1n) is 10.4. The minimum atomic E-state index is -0.213. The Kier molecular flexibility index (Phi) is 5.27. The number of anilines is 4. The first-order chi connectivity index (χ1) is 16.0. The third kappa shape index (κ3) is 4.04. The molecule has 4 N–H and O–H groups in total. The van der Waals surface area contributed by atoms with E-state index in [9.17, 15) is 4.79 Å². The molecule has 3 heterocycles. The Hall–Kier alpha value is -4.17. The average molecular weight is 455 g/mol. The third-order valence-electron chi connectivity index (χ3n) is 5.36. The van der Waals surface area contributed by atoms with E-state index < -0.39 is 0 Å². The molecule has 0 bridgehead atoms. The molecular formula is C25H22N6OS. The molecule has 3 aromatic heterocycles. The molecule has 0 fully saturated rings. The Morgan fingerprint density at radius 2 is 1.79 bits per heavy atom. The van der Waals surface area contributed by atoms with Crippen LogP contribution >= 0.6 is 11.3 Å². The lowest BCUT2D eigenvalue weighted by Gasteiger charge is -2.08. The van der Waals surface area contributed by atoms with Gasteiger partial charge in [0.05, 0.1) is 27.6 Å². The fourth-order valence-electron chi connectivity index (χ4n) is 3.73. The van der Waals surface area contributed by atoms with Gasteiger partial charge in [-0.2, -0.15) is 0 Å². The summed E-state index contributed by atoms with van der Waals surface area (Å²) in [5.74, 6) is -0.213. The molecule has 2 aromatic carbocycles.